The minimum atomic E-state index is -0.149. The van der Waals surface area contributed by atoms with Crippen LogP contribution in [0.3, 0.4) is 0 Å². The summed E-state index contributed by atoms with van der Waals surface area (Å²) in [6, 6.07) is 8.17. The van der Waals surface area contributed by atoms with Gasteiger partial charge in [0.25, 0.3) is 0 Å². The van der Waals surface area contributed by atoms with Gasteiger partial charge in [0.2, 0.25) is 5.91 Å². The number of carbonyl (C=O) groups is 1. The molecule has 106 valence electrons. The average Bonchev–Trinajstić information content (AvgIpc) is 2.37. The number of hydrogen-bond donors (Lipinski definition) is 2. The van der Waals surface area contributed by atoms with Crippen molar-refractivity contribution in [1.82, 2.24) is 10.6 Å². The highest BCUT2D eigenvalue weighted by Crippen LogP contribution is 2.18. The standard InChI is InChI=1S/C15H23BrN2O/c1-10(2)9-14(15(19)17-4)18-11(3)12-5-7-13(16)8-6-12/h5-8,10-11,14,18H,9H2,1-4H3,(H,17,19). The van der Waals surface area contributed by atoms with E-state index in [1.165, 1.54) is 5.56 Å². The van der Waals surface area contributed by atoms with Crippen molar-refractivity contribution >= 4 is 21.8 Å². The molecule has 4 heteroatoms. The third-order valence-corrected chi connectivity index (χ3v) is 3.62. The zero-order valence-electron chi connectivity index (χ0n) is 12.0. The average molecular weight is 327 g/mol. The molecule has 0 bridgehead atoms. The molecule has 0 heterocycles. The highest BCUT2D eigenvalue weighted by Gasteiger charge is 2.20. The molecule has 0 aromatic heterocycles. The first kappa shape index (κ1) is 16.2. The second kappa shape index (κ2) is 7.65. The molecule has 2 atom stereocenters. The van der Waals surface area contributed by atoms with E-state index in [1.807, 2.05) is 12.1 Å². The predicted molar refractivity (Wildman–Crippen MR) is 83.0 cm³/mol. The van der Waals surface area contributed by atoms with Crippen molar-refractivity contribution in [2.75, 3.05) is 7.05 Å². The summed E-state index contributed by atoms with van der Waals surface area (Å²) in [4.78, 5) is 11.9. The Hall–Kier alpha value is -0.870. The van der Waals surface area contributed by atoms with Crippen molar-refractivity contribution in [3.8, 4) is 0 Å². The van der Waals surface area contributed by atoms with E-state index in [-0.39, 0.29) is 18.0 Å². The fraction of sp³-hybridized carbons (Fsp3) is 0.533. The minimum Gasteiger partial charge on any atom is -0.358 e. The summed E-state index contributed by atoms with van der Waals surface area (Å²) in [6.45, 7) is 6.34. The SMILES string of the molecule is CNC(=O)C(CC(C)C)NC(C)c1ccc(Br)cc1. The van der Waals surface area contributed by atoms with Gasteiger partial charge in [-0.3, -0.25) is 10.1 Å². The molecule has 2 unspecified atom stereocenters. The van der Waals surface area contributed by atoms with Gasteiger partial charge >= 0.3 is 0 Å². The molecule has 1 aromatic carbocycles. The van der Waals surface area contributed by atoms with Crippen molar-refractivity contribution in [3.05, 3.63) is 34.3 Å². The summed E-state index contributed by atoms with van der Waals surface area (Å²) in [5.41, 5.74) is 1.18. The number of nitrogens with one attached hydrogen (secondary N) is 2. The summed E-state index contributed by atoms with van der Waals surface area (Å²) in [7, 11) is 1.68. The Kier molecular flexibility index (Phi) is 6.52. The maximum absolute atomic E-state index is 11.9. The Labute approximate surface area is 124 Å². The van der Waals surface area contributed by atoms with Crippen molar-refractivity contribution in [1.29, 1.82) is 0 Å². The van der Waals surface area contributed by atoms with Gasteiger partial charge in [-0.2, -0.15) is 0 Å². The van der Waals surface area contributed by atoms with Crippen molar-refractivity contribution in [2.24, 2.45) is 5.92 Å². The first-order chi connectivity index (χ1) is 8.93. The molecule has 1 aromatic rings. The van der Waals surface area contributed by atoms with Gasteiger partial charge in [-0.25, -0.2) is 0 Å². The molecule has 0 aliphatic rings. The monoisotopic (exact) mass is 326 g/mol. The first-order valence-corrected chi connectivity index (χ1v) is 7.46. The van der Waals surface area contributed by atoms with Crippen LogP contribution in [0, 0.1) is 5.92 Å². The summed E-state index contributed by atoms with van der Waals surface area (Å²) in [5, 5.41) is 6.13. The molecule has 19 heavy (non-hydrogen) atoms. The second-order valence-electron chi connectivity index (χ2n) is 5.24. The Morgan fingerprint density at radius 3 is 2.26 bits per heavy atom. The van der Waals surface area contributed by atoms with Crippen LogP contribution in [0.5, 0.6) is 0 Å². The highest BCUT2D eigenvalue weighted by atomic mass is 79.9. The van der Waals surface area contributed by atoms with Gasteiger partial charge in [0, 0.05) is 17.6 Å². The van der Waals surface area contributed by atoms with Crippen LogP contribution in [0.2, 0.25) is 0 Å². The van der Waals surface area contributed by atoms with Crippen LogP contribution in [-0.2, 0) is 4.79 Å². The van der Waals surface area contributed by atoms with Crippen LogP contribution in [0.4, 0.5) is 0 Å². The smallest absolute Gasteiger partial charge is 0.236 e. The zero-order chi connectivity index (χ0) is 14.4. The van der Waals surface area contributed by atoms with E-state index in [2.05, 4.69) is 59.5 Å². The minimum absolute atomic E-state index is 0.0534. The molecule has 1 rings (SSSR count). The van der Waals surface area contributed by atoms with E-state index in [1.54, 1.807) is 7.05 Å². The van der Waals surface area contributed by atoms with E-state index in [9.17, 15) is 4.79 Å². The molecule has 0 spiro atoms. The fourth-order valence-electron chi connectivity index (χ4n) is 2.05. The van der Waals surface area contributed by atoms with Crippen LogP contribution in [0.15, 0.2) is 28.7 Å². The molecular formula is C15H23BrN2O. The fourth-order valence-corrected chi connectivity index (χ4v) is 2.31. The summed E-state index contributed by atoms with van der Waals surface area (Å²) in [6.07, 6.45) is 0.834. The topological polar surface area (TPSA) is 41.1 Å². The van der Waals surface area contributed by atoms with Gasteiger partial charge in [0.1, 0.15) is 0 Å². The van der Waals surface area contributed by atoms with E-state index >= 15 is 0 Å². The summed E-state index contributed by atoms with van der Waals surface area (Å²) < 4.78 is 1.06. The van der Waals surface area contributed by atoms with Gasteiger partial charge in [0.15, 0.2) is 0 Å². The zero-order valence-corrected chi connectivity index (χ0v) is 13.6. The molecule has 0 saturated carbocycles. The van der Waals surface area contributed by atoms with Crippen LogP contribution in [0.25, 0.3) is 0 Å². The lowest BCUT2D eigenvalue weighted by molar-refractivity contribution is -0.123. The molecular weight excluding hydrogens is 304 g/mol. The molecule has 0 aliphatic heterocycles. The van der Waals surface area contributed by atoms with E-state index in [4.69, 9.17) is 0 Å². The second-order valence-corrected chi connectivity index (χ2v) is 6.15. The Morgan fingerprint density at radius 1 is 1.21 bits per heavy atom. The third-order valence-electron chi connectivity index (χ3n) is 3.09. The van der Waals surface area contributed by atoms with Crippen molar-refractivity contribution in [2.45, 2.75) is 39.3 Å². The summed E-state index contributed by atoms with van der Waals surface area (Å²) in [5.74, 6) is 0.532. The number of benzene rings is 1. The van der Waals surface area contributed by atoms with Crippen LogP contribution >= 0.6 is 15.9 Å². The Morgan fingerprint density at radius 2 is 1.79 bits per heavy atom. The molecule has 0 radical (unpaired) electrons. The van der Waals surface area contributed by atoms with Gasteiger partial charge in [-0.1, -0.05) is 41.9 Å². The lowest BCUT2D eigenvalue weighted by atomic mass is 10.0. The number of rotatable bonds is 6. The van der Waals surface area contributed by atoms with Gasteiger partial charge < -0.3 is 5.32 Å². The normalized spacial score (nSPS) is 14.2. The Bertz CT molecular complexity index is 403. The van der Waals surface area contributed by atoms with Crippen molar-refractivity contribution < 1.29 is 4.79 Å². The van der Waals surface area contributed by atoms with Gasteiger partial charge in [-0.05, 0) is 37.0 Å². The molecule has 3 nitrogen and oxygen atoms in total. The lowest BCUT2D eigenvalue weighted by Gasteiger charge is -2.24. The van der Waals surface area contributed by atoms with E-state index in [0.29, 0.717) is 5.92 Å². The molecule has 2 N–H and O–H groups in total. The Balaban J connectivity index is 2.72. The molecule has 0 fully saturated rings. The third kappa shape index (κ3) is 5.33. The number of carbonyl (C=O) groups excluding carboxylic acids is 1. The van der Waals surface area contributed by atoms with E-state index in [0.717, 1.165) is 10.9 Å². The van der Waals surface area contributed by atoms with Crippen LogP contribution in [0.1, 0.15) is 38.8 Å². The number of likely N-dealkylation sites (N-methyl/N-ethyl adjacent to an activating group) is 1. The predicted octanol–water partition coefficient (Wildman–Crippen LogP) is 3.26. The van der Waals surface area contributed by atoms with Gasteiger partial charge in [-0.15, -0.1) is 0 Å². The maximum atomic E-state index is 11.9. The van der Waals surface area contributed by atoms with Crippen molar-refractivity contribution in [3.63, 3.8) is 0 Å². The van der Waals surface area contributed by atoms with Crippen LogP contribution in [-0.4, -0.2) is 19.0 Å². The molecule has 0 saturated heterocycles. The molecule has 0 aliphatic carbocycles. The van der Waals surface area contributed by atoms with E-state index < -0.39 is 0 Å². The first-order valence-electron chi connectivity index (χ1n) is 6.67. The summed E-state index contributed by atoms with van der Waals surface area (Å²) >= 11 is 3.43. The lowest BCUT2D eigenvalue weighted by Crippen LogP contribution is -2.44. The van der Waals surface area contributed by atoms with Gasteiger partial charge in [0.05, 0.1) is 6.04 Å². The maximum Gasteiger partial charge on any atom is 0.236 e. The highest BCUT2D eigenvalue weighted by molar-refractivity contribution is 9.10. The number of amides is 1. The number of hydrogen-bond acceptors (Lipinski definition) is 2. The quantitative estimate of drug-likeness (QED) is 0.842. The largest absolute Gasteiger partial charge is 0.358 e. The van der Waals surface area contributed by atoms with Crippen LogP contribution < -0.4 is 10.6 Å². The number of halogens is 1. The molecule has 1 amide bonds.